The zero-order chi connectivity index (χ0) is 25.9. The Morgan fingerprint density at radius 1 is 1.16 bits per heavy atom. The van der Waals surface area contributed by atoms with Gasteiger partial charge in [-0.3, -0.25) is 4.79 Å². The highest BCUT2D eigenvalue weighted by Gasteiger charge is 2.71. The minimum Gasteiger partial charge on any atom is -0.491 e. The van der Waals surface area contributed by atoms with Gasteiger partial charge in [-0.15, -0.1) is 0 Å². The zero-order valence-corrected chi connectivity index (χ0v) is 19.5. The maximum absolute atomic E-state index is 13.4. The molecule has 0 bridgehead atoms. The number of hydrogen-bond donors (Lipinski definition) is 0. The molecule has 0 unspecified atom stereocenters. The van der Waals surface area contributed by atoms with E-state index in [2.05, 4.69) is 15.0 Å². The van der Waals surface area contributed by atoms with Gasteiger partial charge >= 0.3 is 6.18 Å². The van der Waals surface area contributed by atoms with Crippen LogP contribution in [0.1, 0.15) is 11.4 Å². The first kappa shape index (κ1) is 23.3. The molecule has 8 nitrogen and oxygen atoms in total. The first-order valence-electron chi connectivity index (χ1n) is 11.5. The highest BCUT2D eigenvalue weighted by molar-refractivity contribution is 5.74. The minimum atomic E-state index is -4.64. The van der Waals surface area contributed by atoms with Crippen molar-refractivity contribution in [2.75, 3.05) is 19.7 Å². The van der Waals surface area contributed by atoms with E-state index in [4.69, 9.17) is 9.72 Å². The SMILES string of the molecule is Cn1c(-c2ccc(F)cc2)nc2nc([C@@]34CN(C=O)C[C@@H]3[C@H]4COc3cccnc3C(F)(F)F)cnc21. The number of carbonyl (C=O) groups is 1. The Hall–Kier alpha value is -4.09. The number of hydrogen-bond acceptors (Lipinski definition) is 6. The molecule has 0 radical (unpaired) electrons. The van der Waals surface area contributed by atoms with E-state index in [0.717, 1.165) is 12.6 Å². The van der Waals surface area contributed by atoms with Crippen molar-refractivity contribution in [1.29, 1.82) is 0 Å². The number of benzene rings is 1. The number of amides is 1. The fourth-order valence-corrected chi connectivity index (χ4v) is 5.53. The Morgan fingerprint density at radius 2 is 1.95 bits per heavy atom. The summed E-state index contributed by atoms with van der Waals surface area (Å²) in [6.45, 7) is 0.806. The summed E-state index contributed by atoms with van der Waals surface area (Å²) < 4.78 is 60.8. The van der Waals surface area contributed by atoms with Gasteiger partial charge in [-0.2, -0.15) is 13.2 Å². The Labute approximate surface area is 207 Å². The van der Waals surface area contributed by atoms with Gasteiger partial charge in [0.15, 0.2) is 17.0 Å². The number of pyridine rings is 1. The number of halogens is 4. The van der Waals surface area contributed by atoms with Crippen LogP contribution in [0.25, 0.3) is 22.7 Å². The van der Waals surface area contributed by atoms with Crippen LogP contribution in [0.4, 0.5) is 17.6 Å². The largest absolute Gasteiger partial charge is 0.491 e. The number of aromatic nitrogens is 5. The maximum atomic E-state index is 13.4. The highest BCUT2D eigenvalue weighted by Crippen LogP contribution is 2.63. The molecule has 1 saturated carbocycles. The summed E-state index contributed by atoms with van der Waals surface area (Å²) in [7, 11) is 1.78. The third-order valence-corrected chi connectivity index (χ3v) is 7.36. The van der Waals surface area contributed by atoms with Crippen LogP contribution in [-0.2, 0) is 23.4 Å². The number of rotatable bonds is 6. The molecule has 1 saturated heterocycles. The first-order chi connectivity index (χ1) is 17.7. The van der Waals surface area contributed by atoms with Crippen LogP contribution in [0.15, 0.2) is 48.8 Å². The standard InChI is InChI=1S/C25H20F4N6O2/c1-34-22(14-4-6-15(26)7-5-14)33-21-23(34)31-9-19(32-21)24-12-35(13-36)10-16(24)17(24)11-37-18-3-2-8-30-20(18)25(27,28)29/h2-9,13,16-17H,10-12H2,1H3/t16-,17-,24+/m1/s1. The number of imidazole rings is 1. The van der Waals surface area contributed by atoms with Crippen LogP contribution in [0.2, 0.25) is 0 Å². The van der Waals surface area contributed by atoms with Gasteiger partial charge in [-0.05, 0) is 42.3 Å². The van der Waals surface area contributed by atoms with Crippen LogP contribution in [0, 0.1) is 17.7 Å². The second-order valence-electron chi connectivity index (χ2n) is 9.35. The number of carbonyl (C=O) groups excluding carboxylic acids is 1. The van der Waals surface area contributed by atoms with Crippen molar-refractivity contribution in [3.8, 4) is 17.1 Å². The monoisotopic (exact) mass is 512 g/mol. The summed E-state index contributed by atoms with van der Waals surface area (Å²) in [5, 5.41) is 0. The molecular formula is C25H20F4N6O2. The van der Waals surface area contributed by atoms with Crippen molar-refractivity contribution >= 4 is 17.7 Å². The van der Waals surface area contributed by atoms with Gasteiger partial charge in [0.25, 0.3) is 0 Å². The zero-order valence-electron chi connectivity index (χ0n) is 19.5. The molecule has 1 amide bonds. The molecule has 1 aliphatic carbocycles. The molecule has 6 rings (SSSR count). The molecule has 37 heavy (non-hydrogen) atoms. The normalized spacial score (nSPS) is 22.8. The lowest BCUT2D eigenvalue weighted by Crippen LogP contribution is -2.30. The van der Waals surface area contributed by atoms with E-state index in [9.17, 15) is 22.4 Å². The topological polar surface area (TPSA) is 86.0 Å². The number of ether oxygens (including phenoxy) is 1. The molecule has 3 aromatic heterocycles. The predicted octanol–water partition coefficient (Wildman–Crippen LogP) is 3.62. The van der Waals surface area contributed by atoms with Crippen LogP contribution in [-0.4, -0.2) is 55.5 Å². The van der Waals surface area contributed by atoms with E-state index in [0.29, 0.717) is 41.5 Å². The number of nitrogens with zero attached hydrogens (tertiary/aromatic N) is 6. The van der Waals surface area contributed by atoms with E-state index < -0.39 is 17.3 Å². The summed E-state index contributed by atoms with van der Waals surface area (Å²) in [5.74, 6) is -0.345. The van der Waals surface area contributed by atoms with Gasteiger partial charge in [0.2, 0.25) is 6.41 Å². The lowest BCUT2D eigenvalue weighted by Gasteiger charge is -2.20. The summed E-state index contributed by atoms with van der Waals surface area (Å²) in [4.78, 5) is 30.5. The number of likely N-dealkylation sites (tertiary alicyclic amines) is 1. The number of alkyl halides is 3. The number of fused-ring (bicyclic) bond motifs is 2. The third kappa shape index (κ3) is 3.69. The van der Waals surface area contributed by atoms with Gasteiger partial charge < -0.3 is 14.2 Å². The third-order valence-electron chi connectivity index (χ3n) is 7.36. The van der Waals surface area contributed by atoms with E-state index in [1.807, 2.05) is 0 Å². The van der Waals surface area contributed by atoms with Crippen molar-refractivity contribution in [2.45, 2.75) is 11.6 Å². The molecule has 0 spiro atoms. The second-order valence-corrected chi connectivity index (χ2v) is 9.35. The fourth-order valence-electron chi connectivity index (χ4n) is 5.53. The average Bonchev–Trinajstić information content (AvgIpc) is 3.14. The fraction of sp³-hybridized carbons (Fsp3) is 0.320. The molecule has 1 aromatic carbocycles. The molecule has 190 valence electrons. The second kappa shape index (κ2) is 8.22. The van der Waals surface area contributed by atoms with Crippen molar-refractivity contribution in [3.63, 3.8) is 0 Å². The number of aryl methyl sites for hydroxylation is 1. The van der Waals surface area contributed by atoms with Crippen molar-refractivity contribution in [2.24, 2.45) is 18.9 Å². The van der Waals surface area contributed by atoms with Crippen molar-refractivity contribution in [3.05, 3.63) is 66.0 Å². The highest BCUT2D eigenvalue weighted by atomic mass is 19.4. The lowest BCUT2D eigenvalue weighted by atomic mass is 9.99. The van der Waals surface area contributed by atoms with Gasteiger partial charge in [0.05, 0.1) is 18.5 Å². The Balaban J connectivity index is 1.32. The Bertz CT molecular complexity index is 1510. The minimum absolute atomic E-state index is 0.00883. The van der Waals surface area contributed by atoms with Gasteiger partial charge in [0, 0.05) is 43.2 Å². The van der Waals surface area contributed by atoms with E-state index >= 15 is 0 Å². The Kier molecular flexibility index (Phi) is 5.18. The van der Waals surface area contributed by atoms with Gasteiger partial charge in [0.1, 0.15) is 17.4 Å². The molecule has 4 heterocycles. The molecule has 3 atom stereocenters. The maximum Gasteiger partial charge on any atom is 0.437 e. The molecule has 4 aromatic rings. The Morgan fingerprint density at radius 3 is 2.68 bits per heavy atom. The number of piperidine rings is 1. The quantitative estimate of drug-likeness (QED) is 0.290. The van der Waals surface area contributed by atoms with Crippen LogP contribution in [0.5, 0.6) is 5.75 Å². The molecule has 2 aliphatic rings. The smallest absolute Gasteiger partial charge is 0.437 e. The van der Waals surface area contributed by atoms with E-state index in [-0.39, 0.29) is 30.0 Å². The van der Waals surface area contributed by atoms with Gasteiger partial charge in [-0.1, -0.05) is 0 Å². The van der Waals surface area contributed by atoms with Crippen molar-refractivity contribution in [1.82, 2.24) is 29.4 Å². The first-order valence-corrected chi connectivity index (χ1v) is 11.5. The van der Waals surface area contributed by atoms with Crippen LogP contribution in [0.3, 0.4) is 0 Å². The summed E-state index contributed by atoms with van der Waals surface area (Å²) in [5.41, 5.74) is 0.538. The van der Waals surface area contributed by atoms with E-state index in [1.165, 1.54) is 24.3 Å². The molecule has 0 N–H and O–H groups in total. The molecule has 2 fully saturated rings. The molecule has 12 heteroatoms. The summed E-state index contributed by atoms with van der Waals surface area (Å²) >= 11 is 0. The lowest BCUT2D eigenvalue weighted by molar-refractivity contribution is -0.142. The van der Waals surface area contributed by atoms with Crippen LogP contribution >= 0.6 is 0 Å². The predicted molar refractivity (Wildman–Crippen MR) is 123 cm³/mol. The molecule has 1 aliphatic heterocycles. The van der Waals surface area contributed by atoms with Gasteiger partial charge in [-0.25, -0.2) is 24.3 Å². The van der Waals surface area contributed by atoms with Crippen molar-refractivity contribution < 1.29 is 27.1 Å². The summed E-state index contributed by atoms with van der Waals surface area (Å²) in [6.07, 6.45) is -1.18. The summed E-state index contributed by atoms with van der Waals surface area (Å²) in [6, 6.07) is 8.56. The van der Waals surface area contributed by atoms with E-state index in [1.54, 1.807) is 34.8 Å². The van der Waals surface area contributed by atoms with Crippen LogP contribution < -0.4 is 4.74 Å². The molecular weight excluding hydrogens is 492 g/mol. The average molecular weight is 512 g/mol.